The van der Waals surface area contributed by atoms with Gasteiger partial charge in [-0.05, 0) is 5.92 Å². The maximum absolute atomic E-state index is 5.28. The highest BCUT2D eigenvalue weighted by Gasteiger charge is 2.11. The first-order valence-corrected chi connectivity index (χ1v) is 5.52. The molecule has 0 aliphatic rings. The van der Waals surface area contributed by atoms with Gasteiger partial charge in [-0.2, -0.15) is 0 Å². The summed E-state index contributed by atoms with van der Waals surface area (Å²) in [6, 6.07) is 0. The molecular weight excluding hydrogens is 220 g/mol. The number of anilines is 2. The smallest absolute Gasteiger partial charge is 0.204 e. The van der Waals surface area contributed by atoms with Crippen molar-refractivity contribution in [2.45, 2.75) is 6.92 Å². The van der Waals surface area contributed by atoms with Gasteiger partial charge in [0.2, 0.25) is 5.75 Å². The molecule has 0 aliphatic carbocycles. The molecule has 1 rings (SSSR count). The average molecular weight is 240 g/mol. The lowest BCUT2D eigenvalue weighted by Gasteiger charge is -2.15. The first kappa shape index (κ1) is 13.5. The largest absolute Gasteiger partial charge is 0.490 e. The zero-order chi connectivity index (χ0) is 12.7. The van der Waals surface area contributed by atoms with Crippen molar-refractivity contribution in [1.82, 2.24) is 9.97 Å². The van der Waals surface area contributed by atoms with E-state index in [1.54, 1.807) is 21.3 Å². The standard InChI is InChI=1S/C11H20N4O2/c1-8(6-16-3)5-13-11-9(17-4)10(12-2)14-7-15-11/h7-8H,5-6H2,1-4H3,(H2,12,13,14,15). The number of ether oxygens (including phenoxy) is 2. The summed E-state index contributed by atoms with van der Waals surface area (Å²) in [5.41, 5.74) is 0. The Hall–Kier alpha value is -1.56. The molecule has 6 nitrogen and oxygen atoms in total. The van der Waals surface area contributed by atoms with E-state index in [1.165, 1.54) is 6.33 Å². The van der Waals surface area contributed by atoms with Crippen LogP contribution in [-0.2, 0) is 4.74 Å². The van der Waals surface area contributed by atoms with Crippen LogP contribution >= 0.6 is 0 Å². The molecule has 2 N–H and O–H groups in total. The molecule has 1 heterocycles. The lowest BCUT2D eigenvalue weighted by molar-refractivity contribution is 0.164. The van der Waals surface area contributed by atoms with E-state index in [0.29, 0.717) is 29.9 Å². The van der Waals surface area contributed by atoms with Crippen molar-refractivity contribution in [1.29, 1.82) is 0 Å². The maximum atomic E-state index is 5.28. The molecule has 0 saturated heterocycles. The third-order valence-corrected chi connectivity index (χ3v) is 2.31. The molecule has 0 bridgehead atoms. The van der Waals surface area contributed by atoms with E-state index in [9.17, 15) is 0 Å². The van der Waals surface area contributed by atoms with Gasteiger partial charge >= 0.3 is 0 Å². The normalized spacial score (nSPS) is 12.0. The van der Waals surface area contributed by atoms with E-state index >= 15 is 0 Å². The van der Waals surface area contributed by atoms with Crippen molar-refractivity contribution in [2.75, 3.05) is 45.1 Å². The maximum Gasteiger partial charge on any atom is 0.204 e. The van der Waals surface area contributed by atoms with Gasteiger partial charge in [0.25, 0.3) is 0 Å². The molecule has 96 valence electrons. The molecule has 0 saturated carbocycles. The minimum Gasteiger partial charge on any atom is -0.490 e. The number of aromatic nitrogens is 2. The highest BCUT2D eigenvalue weighted by molar-refractivity contribution is 5.63. The number of hydrogen-bond donors (Lipinski definition) is 2. The fourth-order valence-electron chi connectivity index (χ4n) is 1.49. The van der Waals surface area contributed by atoms with Gasteiger partial charge in [0.1, 0.15) is 6.33 Å². The van der Waals surface area contributed by atoms with Crippen molar-refractivity contribution in [3.63, 3.8) is 0 Å². The number of nitrogens with one attached hydrogen (secondary N) is 2. The predicted octanol–water partition coefficient (Wildman–Crippen LogP) is 1.22. The topological polar surface area (TPSA) is 68.3 Å². The molecule has 1 atom stereocenters. The number of nitrogens with zero attached hydrogens (tertiary/aromatic N) is 2. The van der Waals surface area contributed by atoms with Crippen LogP contribution in [0.3, 0.4) is 0 Å². The van der Waals surface area contributed by atoms with E-state index in [1.807, 2.05) is 0 Å². The average Bonchev–Trinajstić information content (AvgIpc) is 2.36. The first-order chi connectivity index (χ1) is 8.22. The van der Waals surface area contributed by atoms with E-state index in [2.05, 4.69) is 27.5 Å². The first-order valence-electron chi connectivity index (χ1n) is 5.52. The van der Waals surface area contributed by atoms with Crippen LogP contribution in [0.1, 0.15) is 6.92 Å². The molecule has 6 heteroatoms. The van der Waals surface area contributed by atoms with Gasteiger partial charge in [0.05, 0.1) is 13.7 Å². The lowest BCUT2D eigenvalue weighted by atomic mass is 10.2. The fourth-order valence-corrected chi connectivity index (χ4v) is 1.49. The number of rotatable bonds is 7. The van der Waals surface area contributed by atoms with Gasteiger partial charge in [-0.1, -0.05) is 6.92 Å². The second kappa shape index (κ2) is 6.90. The molecule has 1 aromatic heterocycles. The van der Waals surface area contributed by atoms with Crippen LogP contribution in [0.5, 0.6) is 5.75 Å². The van der Waals surface area contributed by atoms with E-state index in [0.717, 1.165) is 6.54 Å². The molecule has 1 aromatic rings. The van der Waals surface area contributed by atoms with Gasteiger partial charge in [0.15, 0.2) is 11.6 Å². The lowest BCUT2D eigenvalue weighted by Crippen LogP contribution is -2.17. The van der Waals surface area contributed by atoms with E-state index in [-0.39, 0.29) is 0 Å². The fraction of sp³-hybridized carbons (Fsp3) is 0.636. The summed E-state index contributed by atoms with van der Waals surface area (Å²) in [5.74, 6) is 2.39. The third kappa shape index (κ3) is 3.74. The summed E-state index contributed by atoms with van der Waals surface area (Å²) in [6.45, 7) is 3.58. The van der Waals surface area contributed by atoms with Gasteiger partial charge in [-0.25, -0.2) is 9.97 Å². The van der Waals surface area contributed by atoms with E-state index < -0.39 is 0 Å². The Labute approximate surface area is 102 Å². The molecule has 1 unspecified atom stereocenters. The van der Waals surface area contributed by atoms with Crippen molar-refractivity contribution in [3.8, 4) is 5.75 Å². The molecule has 0 radical (unpaired) electrons. The van der Waals surface area contributed by atoms with E-state index in [4.69, 9.17) is 9.47 Å². The Kier molecular flexibility index (Phi) is 5.48. The Bertz CT molecular complexity index is 346. The molecular formula is C11H20N4O2. The second-order valence-corrected chi connectivity index (χ2v) is 3.80. The van der Waals surface area contributed by atoms with Crippen LogP contribution < -0.4 is 15.4 Å². The zero-order valence-corrected chi connectivity index (χ0v) is 10.8. The predicted molar refractivity (Wildman–Crippen MR) is 67.7 cm³/mol. The summed E-state index contributed by atoms with van der Waals surface area (Å²) < 4.78 is 10.4. The van der Waals surface area contributed by atoms with Crippen LogP contribution in [0.4, 0.5) is 11.6 Å². The van der Waals surface area contributed by atoms with Crippen molar-refractivity contribution >= 4 is 11.6 Å². The quantitative estimate of drug-likeness (QED) is 0.747. The number of hydrogen-bond acceptors (Lipinski definition) is 6. The summed E-state index contributed by atoms with van der Waals surface area (Å²) >= 11 is 0. The summed E-state index contributed by atoms with van der Waals surface area (Å²) in [7, 11) is 5.09. The highest BCUT2D eigenvalue weighted by Crippen LogP contribution is 2.28. The highest BCUT2D eigenvalue weighted by atomic mass is 16.5. The minimum absolute atomic E-state index is 0.401. The molecule has 0 aromatic carbocycles. The van der Waals surface area contributed by atoms with Crippen LogP contribution in [0.25, 0.3) is 0 Å². The van der Waals surface area contributed by atoms with Crippen LogP contribution in [0.2, 0.25) is 0 Å². The van der Waals surface area contributed by atoms with Gasteiger partial charge < -0.3 is 20.1 Å². The van der Waals surface area contributed by atoms with Crippen molar-refractivity contribution in [3.05, 3.63) is 6.33 Å². The monoisotopic (exact) mass is 240 g/mol. The van der Waals surface area contributed by atoms with Gasteiger partial charge in [0, 0.05) is 20.7 Å². The van der Waals surface area contributed by atoms with Crippen molar-refractivity contribution in [2.24, 2.45) is 5.92 Å². The van der Waals surface area contributed by atoms with Crippen LogP contribution in [0.15, 0.2) is 6.33 Å². The third-order valence-electron chi connectivity index (χ3n) is 2.31. The Morgan fingerprint density at radius 2 is 2.00 bits per heavy atom. The van der Waals surface area contributed by atoms with Crippen LogP contribution in [0, 0.1) is 5.92 Å². The minimum atomic E-state index is 0.401. The molecule has 0 aliphatic heterocycles. The summed E-state index contributed by atoms with van der Waals surface area (Å²) in [6.07, 6.45) is 1.50. The second-order valence-electron chi connectivity index (χ2n) is 3.80. The number of methoxy groups -OCH3 is 2. The van der Waals surface area contributed by atoms with Gasteiger partial charge in [-0.3, -0.25) is 0 Å². The van der Waals surface area contributed by atoms with Crippen LogP contribution in [-0.4, -0.2) is 44.4 Å². The zero-order valence-electron chi connectivity index (χ0n) is 10.8. The SMILES string of the molecule is CNc1ncnc(NCC(C)COC)c1OC. The summed E-state index contributed by atoms with van der Waals surface area (Å²) in [4.78, 5) is 8.24. The Balaban J connectivity index is 2.70. The van der Waals surface area contributed by atoms with Crippen molar-refractivity contribution < 1.29 is 9.47 Å². The molecule has 0 amide bonds. The molecule has 0 fully saturated rings. The molecule has 0 spiro atoms. The summed E-state index contributed by atoms with van der Waals surface area (Å²) in [5, 5.41) is 6.19. The Morgan fingerprint density at radius 3 is 2.59 bits per heavy atom. The van der Waals surface area contributed by atoms with Gasteiger partial charge in [-0.15, -0.1) is 0 Å². The molecule has 17 heavy (non-hydrogen) atoms. The Morgan fingerprint density at radius 1 is 1.29 bits per heavy atom.